The van der Waals surface area contributed by atoms with Crippen molar-refractivity contribution >= 4 is 5.91 Å². The average molecular weight is 229 g/mol. The molecule has 1 fully saturated rings. The van der Waals surface area contributed by atoms with Gasteiger partial charge < -0.3 is 5.32 Å². The van der Waals surface area contributed by atoms with Crippen molar-refractivity contribution in [2.75, 3.05) is 0 Å². The van der Waals surface area contributed by atoms with Crippen LogP contribution in [0.5, 0.6) is 0 Å². The molecule has 0 spiro atoms. The summed E-state index contributed by atoms with van der Waals surface area (Å²) in [4.78, 5) is 11.6. The zero-order valence-electron chi connectivity index (χ0n) is 8.34. The Morgan fingerprint density at radius 2 is 1.88 bits per heavy atom. The van der Waals surface area contributed by atoms with E-state index in [1.54, 1.807) is 0 Å². The van der Waals surface area contributed by atoms with Crippen molar-refractivity contribution in [3.63, 3.8) is 0 Å². The summed E-state index contributed by atoms with van der Waals surface area (Å²) in [5.74, 6) is -0.643. The van der Waals surface area contributed by atoms with Crippen LogP contribution in [0.4, 0.5) is 13.2 Å². The van der Waals surface area contributed by atoms with Crippen LogP contribution in [0.3, 0.4) is 0 Å². The second-order valence-electron chi connectivity index (χ2n) is 3.79. The van der Waals surface area contributed by atoms with Crippen molar-refractivity contribution in [3.05, 3.63) is 35.4 Å². The molecule has 0 aromatic heterocycles. The van der Waals surface area contributed by atoms with Gasteiger partial charge in [0.05, 0.1) is 11.1 Å². The Labute approximate surface area is 90.5 Å². The van der Waals surface area contributed by atoms with Crippen LogP contribution in [0.15, 0.2) is 24.3 Å². The highest BCUT2D eigenvalue weighted by Crippen LogP contribution is 2.32. The maximum Gasteiger partial charge on any atom is 0.417 e. The van der Waals surface area contributed by atoms with Gasteiger partial charge in [0.15, 0.2) is 0 Å². The van der Waals surface area contributed by atoms with Crippen molar-refractivity contribution in [2.45, 2.75) is 25.1 Å². The molecule has 1 aromatic carbocycles. The lowest BCUT2D eigenvalue weighted by Gasteiger charge is -2.12. The lowest BCUT2D eigenvalue weighted by atomic mass is 10.1. The Balaban J connectivity index is 2.28. The number of halogens is 3. The van der Waals surface area contributed by atoms with Crippen molar-refractivity contribution in [2.24, 2.45) is 0 Å². The molecule has 0 saturated heterocycles. The molecular formula is C11H10F3NO. The first-order valence-electron chi connectivity index (χ1n) is 4.95. The monoisotopic (exact) mass is 229 g/mol. The van der Waals surface area contributed by atoms with Crippen molar-refractivity contribution < 1.29 is 18.0 Å². The largest absolute Gasteiger partial charge is 0.417 e. The molecular weight excluding hydrogens is 219 g/mol. The average Bonchev–Trinajstić information content (AvgIpc) is 3.00. The summed E-state index contributed by atoms with van der Waals surface area (Å²) in [6.07, 6.45) is -2.79. The molecule has 0 aliphatic heterocycles. The number of rotatable bonds is 2. The van der Waals surface area contributed by atoms with Gasteiger partial charge in [0.2, 0.25) is 0 Å². The van der Waals surface area contributed by atoms with Crippen LogP contribution in [-0.4, -0.2) is 11.9 Å². The summed E-state index contributed by atoms with van der Waals surface area (Å²) in [7, 11) is 0. The fraction of sp³-hybridized carbons (Fsp3) is 0.364. The molecule has 16 heavy (non-hydrogen) atoms. The molecule has 1 aliphatic rings. The van der Waals surface area contributed by atoms with E-state index in [1.165, 1.54) is 18.2 Å². The molecule has 0 bridgehead atoms. The van der Waals surface area contributed by atoms with Gasteiger partial charge in [0.1, 0.15) is 0 Å². The summed E-state index contributed by atoms with van der Waals surface area (Å²) < 4.78 is 37.7. The summed E-state index contributed by atoms with van der Waals surface area (Å²) in [6, 6.07) is 4.87. The lowest BCUT2D eigenvalue weighted by Crippen LogP contribution is -2.27. The number of hydrogen-bond acceptors (Lipinski definition) is 1. The lowest BCUT2D eigenvalue weighted by molar-refractivity contribution is -0.137. The van der Waals surface area contributed by atoms with Gasteiger partial charge in [0.25, 0.3) is 5.91 Å². The normalized spacial score (nSPS) is 15.9. The van der Waals surface area contributed by atoms with Crippen LogP contribution in [0.1, 0.15) is 28.8 Å². The van der Waals surface area contributed by atoms with E-state index in [2.05, 4.69) is 5.32 Å². The van der Waals surface area contributed by atoms with E-state index in [0.29, 0.717) is 0 Å². The minimum absolute atomic E-state index is 0.0498. The number of amides is 1. The molecule has 0 heterocycles. The molecule has 86 valence electrons. The SMILES string of the molecule is O=C(NC1CC1)c1ccccc1C(F)(F)F. The zero-order chi connectivity index (χ0) is 11.8. The van der Waals surface area contributed by atoms with E-state index in [-0.39, 0.29) is 11.6 Å². The number of benzene rings is 1. The van der Waals surface area contributed by atoms with Crippen LogP contribution in [0.25, 0.3) is 0 Å². The Morgan fingerprint density at radius 1 is 1.25 bits per heavy atom. The third-order valence-corrected chi connectivity index (χ3v) is 2.39. The highest BCUT2D eigenvalue weighted by molar-refractivity contribution is 5.96. The number of hydrogen-bond donors (Lipinski definition) is 1. The molecule has 5 heteroatoms. The van der Waals surface area contributed by atoms with Crippen LogP contribution in [-0.2, 0) is 6.18 Å². The first-order valence-corrected chi connectivity index (χ1v) is 4.95. The summed E-state index contributed by atoms with van der Waals surface area (Å²) in [5, 5.41) is 2.54. The topological polar surface area (TPSA) is 29.1 Å². The fourth-order valence-electron chi connectivity index (χ4n) is 1.42. The second-order valence-corrected chi connectivity index (χ2v) is 3.79. The van der Waals surface area contributed by atoms with E-state index in [4.69, 9.17) is 0 Å². The van der Waals surface area contributed by atoms with E-state index >= 15 is 0 Å². The number of alkyl halides is 3. The molecule has 1 N–H and O–H groups in total. The van der Waals surface area contributed by atoms with E-state index in [1.807, 2.05) is 0 Å². The molecule has 0 atom stereocenters. The quantitative estimate of drug-likeness (QED) is 0.829. The predicted octanol–water partition coefficient (Wildman–Crippen LogP) is 2.60. The Hall–Kier alpha value is -1.52. The molecule has 0 radical (unpaired) electrons. The standard InChI is InChI=1S/C11H10F3NO/c12-11(13,14)9-4-2-1-3-8(9)10(16)15-7-5-6-7/h1-4,7H,5-6H2,(H,15,16). The van der Waals surface area contributed by atoms with Gasteiger partial charge in [-0.05, 0) is 25.0 Å². The van der Waals surface area contributed by atoms with Gasteiger partial charge in [-0.25, -0.2) is 0 Å². The van der Waals surface area contributed by atoms with Gasteiger partial charge in [-0.15, -0.1) is 0 Å². The van der Waals surface area contributed by atoms with Gasteiger partial charge in [-0.1, -0.05) is 12.1 Å². The van der Waals surface area contributed by atoms with E-state index in [0.717, 1.165) is 18.9 Å². The molecule has 1 saturated carbocycles. The molecule has 2 nitrogen and oxygen atoms in total. The summed E-state index contributed by atoms with van der Waals surface area (Å²) in [5.41, 5.74) is -1.19. The van der Waals surface area contributed by atoms with Gasteiger partial charge in [-0.2, -0.15) is 13.2 Å². The molecule has 1 amide bonds. The molecule has 2 rings (SSSR count). The second kappa shape index (κ2) is 3.81. The maximum atomic E-state index is 12.6. The number of nitrogens with one attached hydrogen (secondary N) is 1. The van der Waals surface area contributed by atoms with Crippen LogP contribution in [0, 0.1) is 0 Å². The summed E-state index contributed by atoms with van der Waals surface area (Å²) >= 11 is 0. The van der Waals surface area contributed by atoms with Gasteiger partial charge in [-0.3, -0.25) is 4.79 Å². The van der Waals surface area contributed by atoms with Crippen LogP contribution < -0.4 is 5.32 Å². The Kier molecular flexibility index (Phi) is 2.61. The van der Waals surface area contributed by atoms with E-state index < -0.39 is 17.6 Å². The third-order valence-electron chi connectivity index (χ3n) is 2.39. The third kappa shape index (κ3) is 2.35. The van der Waals surface area contributed by atoms with Crippen molar-refractivity contribution in [1.29, 1.82) is 0 Å². The first-order chi connectivity index (χ1) is 7.48. The Morgan fingerprint density at radius 3 is 2.44 bits per heavy atom. The van der Waals surface area contributed by atoms with Gasteiger partial charge in [0, 0.05) is 6.04 Å². The minimum atomic E-state index is -4.49. The molecule has 1 aromatic rings. The maximum absolute atomic E-state index is 12.6. The van der Waals surface area contributed by atoms with Crippen molar-refractivity contribution in [1.82, 2.24) is 5.32 Å². The Bertz CT molecular complexity index is 410. The molecule has 0 unspecified atom stereocenters. The smallest absolute Gasteiger partial charge is 0.349 e. The van der Waals surface area contributed by atoms with E-state index in [9.17, 15) is 18.0 Å². The number of carbonyl (C=O) groups excluding carboxylic acids is 1. The zero-order valence-corrected chi connectivity index (χ0v) is 8.34. The van der Waals surface area contributed by atoms with Crippen LogP contribution >= 0.6 is 0 Å². The molecule has 1 aliphatic carbocycles. The van der Waals surface area contributed by atoms with Crippen molar-refractivity contribution in [3.8, 4) is 0 Å². The highest BCUT2D eigenvalue weighted by atomic mass is 19.4. The minimum Gasteiger partial charge on any atom is -0.349 e. The predicted molar refractivity (Wildman–Crippen MR) is 51.9 cm³/mol. The van der Waals surface area contributed by atoms with Gasteiger partial charge >= 0.3 is 6.18 Å². The fourth-order valence-corrected chi connectivity index (χ4v) is 1.42. The van der Waals surface area contributed by atoms with Crippen LogP contribution in [0.2, 0.25) is 0 Å². The first kappa shape index (κ1) is 11.0. The summed E-state index contributed by atoms with van der Waals surface area (Å²) in [6.45, 7) is 0. The highest BCUT2D eigenvalue weighted by Gasteiger charge is 2.35. The number of carbonyl (C=O) groups is 1.